The average molecular weight is 410 g/mol. The summed E-state index contributed by atoms with van der Waals surface area (Å²) < 4.78 is 0. The van der Waals surface area contributed by atoms with Crippen molar-refractivity contribution >= 4 is 22.3 Å². The number of benzene rings is 3. The monoisotopic (exact) mass is 409 g/mol. The molecule has 31 heavy (non-hydrogen) atoms. The van der Waals surface area contributed by atoms with Gasteiger partial charge in [0, 0.05) is 55.6 Å². The molecule has 5 rings (SSSR count). The molecular formula is C26H27N5. The van der Waals surface area contributed by atoms with E-state index >= 15 is 0 Å². The molecule has 2 heterocycles. The molecule has 0 atom stereocenters. The number of nitrogens with two attached hydrogens (primary N) is 1. The van der Waals surface area contributed by atoms with E-state index in [1.807, 2.05) is 6.07 Å². The van der Waals surface area contributed by atoms with E-state index in [9.17, 15) is 0 Å². The molecule has 5 nitrogen and oxygen atoms in total. The van der Waals surface area contributed by atoms with Crippen molar-refractivity contribution in [3.05, 3.63) is 95.7 Å². The summed E-state index contributed by atoms with van der Waals surface area (Å²) in [6.07, 6.45) is 0.793. The van der Waals surface area contributed by atoms with E-state index in [1.54, 1.807) is 0 Å². The van der Waals surface area contributed by atoms with Crippen molar-refractivity contribution in [1.29, 1.82) is 0 Å². The van der Waals surface area contributed by atoms with Crippen LogP contribution in [0.25, 0.3) is 10.8 Å². The van der Waals surface area contributed by atoms with Crippen LogP contribution in [-0.2, 0) is 13.0 Å². The van der Waals surface area contributed by atoms with Crippen molar-refractivity contribution in [2.45, 2.75) is 13.0 Å². The van der Waals surface area contributed by atoms with Gasteiger partial charge < -0.3 is 15.5 Å². The van der Waals surface area contributed by atoms with Crippen LogP contribution in [0, 0.1) is 0 Å². The molecule has 1 fully saturated rings. The number of nitrogens with zero attached hydrogens (tertiary/aromatic N) is 4. The summed E-state index contributed by atoms with van der Waals surface area (Å²) in [5.74, 6) is 0.991. The minimum Gasteiger partial charge on any atom is -0.368 e. The molecule has 0 saturated carbocycles. The molecule has 0 radical (unpaired) electrons. The highest BCUT2D eigenvalue weighted by Gasteiger charge is 2.21. The summed E-state index contributed by atoms with van der Waals surface area (Å²) in [6.45, 7) is 4.36. The molecule has 4 aromatic rings. The van der Waals surface area contributed by atoms with Gasteiger partial charge in [-0.05, 0) is 23.3 Å². The van der Waals surface area contributed by atoms with Gasteiger partial charge in [-0.25, -0.2) is 0 Å². The minimum atomic E-state index is 0.583. The number of aromatic nitrogens is 2. The summed E-state index contributed by atoms with van der Waals surface area (Å²) in [6, 6.07) is 27.6. The summed E-state index contributed by atoms with van der Waals surface area (Å²) in [7, 11) is 0. The van der Waals surface area contributed by atoms with Crippen LogP contribution in [0.4, 0.5) is 11.5 Å². The molecule has 2 N–H and O–H groups in total. The topological polar surface area (TPSA) is 58.3 Å². The molecule has 0 aliphatic carbocycles. The van der Waals surface area contributed by atoms with Crippen LogP contribution < -0.4 is 15.5 Å². The Kier molecular flexibility index (Phi) is 5.50. The molecule has 1 aliphatic heterocycles. The molecule has 1 aromatic heterocycles. The molecule has 0 bridgehead atoms. The summed E-state index contributed by atoms with van der Waals surface area (Å²) in [5, 5.41) is 11.7. The van der Waals surface area contributed by atoms with Crippen LogP contribution in [0.3, 0.4) is 0 Å². The van der Waals surface area contributed by atoms with Gasteiger partial charge in [-0.3, -0.25) is 0 Å². The van der Waals surface area contributed by atoms with Gasteiger partial charge in [0.25, 0.3) is 0 Å². The molecule has 0 amide bonds. The second-order valence-corrected chi connectivity index (χ2v) is 8.02. The van der Waals surface area contributed by atoms with Crippen molar-refractivity contribution < 1.29 is 0 Å². The van der Waals surface area contributed by atoms with Gasteiger partial charge in [0.2, 0.25) is 0 Å². The molecule has 0 spiro atoms. The molecule has 5 heteroatoms. The second-order valence-electron chi connectivity index (χ2n) is 8.02. The van der Waals surface area contributed by atoms with Gasteiger partial charge in [0.05, 0.1) is 5.69 Å². The molecular weight excluding hydrogens is 382 g/mol. The van der Waals surface area contributed by atoms with E-state index in [0.717, 1.165) is 44.1 Å². The molecule has 1 aliphatic rings. The van der Waals surface area contributed by atoms with Crippen molar-refractivity contribution in [2.75, 3.05) is 36.0 Å². The largest absolute Gasteiger partial charge is 0.368 e. The van der Waals surface area contributed by atoms with Crippen molar-refractivity contribution in [3.8, 4) is 0 Å². The van der Waals surface area contributed by atoms with Gasteiger partial charge in [0.15, 0.2) is 5.82 Å². The lowest BCUT2D eigenvalue weighted by atomic mass is 10.0. The zero-order valence-corrected chi connectivity index (χ0v) is 17.6. The van der Waals surface area contributed by atoms with Crippen LogP contribution in [0.15, 0.2) is 78.9 Å². The first-order valence-corrected chi connectivity index (χ1v) is 10.9. The molecule has 0 unspecified atom stereocenters. The van der Waals surface area contributed by atoms with Gasteiger partial charge in [-0.2, -0.15) is 5.10 Å². The first kappa shape index (κ1) is 19.5. The van der Waals surface area contributed by atoms with Crippen molar-refractivity contribution in [1.82, 2.24) is 10.2 Å². The highest BCUT2D eigenvalue weighted by molar-refractivity contribution is 5.93. The highest BCUT2D eigenvalue weighted by atomic mass is 15.3. The van der Waals surface area contributed by atoms with Gasteiger partial charge in [-0.1, -0.05) is 66.7 Å². The zero-order chi connectivity index (χ0) is 21.0. The minimum absolute atomic E-state index is 0.583. The smallest absolute Gasteiger partial charge is 0.159 e. The summed E-state index contributed by atoms with van der Waals surface area (Å²) in [5.41, 5.74) is 10.4. The maximum absolute atomic E-state index is 5.73. The lowest BCUT2D eigenvalue weighted by Gasteiger charge is -2.37. The third-order valence-corrected chi connectivity index (χ3v) is 6.08. The van der Waals surface area contributed by atoms with Crippen LogP contribution in [-0.4, -0.2) is 36.4 Å². The Morgan fingerprint density at radius 3 is 2.00 bits per heavy atom. The van der Waals surface area contributed by atoms with Crippen molar-refractivity contribution in [2.24, 2.45) is 5.73 Å². The first-order chi connectivity index (χ1) is 15.3. The van der Waals surface area contributed by atoms with E-state index in [4.69, 9.17) is 10.8 Å². The number of fused-ring (bicyclic) bond motifs is 1. The highest BCUT2D eigenvalue weighted by Crippen LogP contribution is 2.28. The normalized spacial score (nSPS) is 14.2. The SMILES string of the molecule is NCc1ccc(N2CCN(c3nnc(Cc4ccccc4)c4ccccc34)CC2)cc1. The maximum Gasteiger partial charge on any atom is 0.159 e. The number of anilines is 2. The van der Waals surface area contributed by atoms with Crippen LogP contribution >= 0.6 is 0 Å². The third-order valence-electron chi connectivity index (χ3n) is 6.08. The third kappa shape index (κ3) is 4.09. The van der Waals surface area contributed by atoms with E-state index in [2.05, 4.69) is 87.7 Å². The van der Waals surface area contributed by atoms with E-state index in [-0.39, 0.29) is 0 Å². The summed E-state index contributed by atoms with van der Waals surface area (Å²) >= 11 is 0. The average Bonchev–Trinajstić information content (AvgIpc) is 2.85. The fourth-order valence-corrected chi connectivity index (χ4v) is 4.32. The molecule has 156 valence electrons. The van der Waals surface area contributed by atoms with Gasteiger partial charge in [0.1, 0.15) is 0 Å². The Labute approximate surface area is 183 Å². The van der Waals surface area contributed by atoms with Gasteiger partial charge >= 0.3 is 0 Å². The Morgan fingerprint density at radius 1 is 0.645 bits per heavy atom. The standard InChI is InChI=1S/C26H27N5/c27-19-21-10-12-22(13-11-21)30-14-16-31(17-15-30)26-24-9-5-4-8-23(24)25(28-29-26)18-20-6-2-1-3-7-20/h1-13H,14-19,27H2. The second kappa shape index (κ2) is 8.74. The number of hydrogen-bond donors (Lipinski definition) is 1. The predicted molar refractivity (Wildman–Crippen MR) is 128 cm³/mol. The van der Waals surface area contributed by atoms with E-state index in [0.29, 0.717) is 6.54 Å². The molecule has 3 aromatic carbocycles. The zero-order valence-electron chi connectivity index (χ0n) is 17.6. The number of piperazine rings is 1. The van der Waals surface area contributed by atoms with Crippen LogP contribution in [0.2, 0.25) is 0 Å². The lowest BCUT2D eigenvalue weighted by molar-refractivity contribution is 0.645. The number of rotatable bonds is 5. The fraction of sp³-hybridized carbons (Fsp3) is 0.231. The predicted octanol–water partition coefficient (Wildman–Crippen LogP) is 4.01. The Morgan fingerprint density at radius 2 is 1.29 bits per heavy atom. The summed E-state index contributed by atoms with van der Waals surface area (Å²) in [4.78, 5) is 4.79. The Hall–Kier alpha value is -3.44. The van der Waals surface area contributed by atoms with Crippen LogP contribution in [0.1, 0.15) is 16.8 Å². The van der Waals surface area contributed by atoms with Crippen LogP contribution in [0.5, 0.6) is 0 Å². The quantitative estimate of drug-likeness (QED) is 0.540. The van der Waals surface area contributed by atoms with Gasteiger partial charge in [-0.15, -0.1) is 5.10 Å². The molecule has 1 saturated heterocycles. The maximum atomic E-state index is 5.73. The van der Waals surface area contributed by atoms with Crippen molar-refractivity contribution in [3.63, 3.8) is 0 Å². The Bertz CT molecular complexity index is 1150. The Balaban J connectivity index is 1.36. The van der Waals surface area contributed by atoms with E-state index < -0.39 is 0 Å². The van der Waals surface area contributed by atoms with E-state index in [1.165, 1.54) is 27.6 Å². The lowest BCUT2D eigenvalue weighted by Crippen LogP contribution is -2.47. The first-order valence-electron chi connectivity index (χ1n) is 10.9. The fourth-order valence-electron chi connectivity index (χ4n) is 4.32. The number of hydrogen-bond acceptors (Lipinski definition) is 5.